The molecule has 162 valence electrons. The Kier molecular flexibility index (Phi) is 6.68. The molecule has 2 N–H and O–H groups in total. The highest BCUT2D eigenvalue weighted by Crippen LogP contribution is 2.31. The van der Waals surface area contributed by atoms with E-state index in [0.29, 0.717) is 11.1 Å². The number of carbonyl (C=O) groups is 1. The number of hydrogen-bond donors (Lipinski definition) is 2. The number of ether oxygens (including phenoxy) is 2. The minimum absolute atomic E-state index is 0.00858. The molecule has 0 spiro atoms. The third-order valence-electron chi connectivity index (χ3n) is 4.22. The number of fused-ring (bicyclic) bond motifs is 1. The number of H-pyrrole nitrogens is 1. The van der Waals surface area contributed by atoms with Crippen LogP contribution in [0.2, 0.25) is 0 Å². The molecule has 0 aliphatic heterocycles. The van der Waals surface area contributed by atoms with Crippen LogP contribution in [-0.2, 0) is 9.47 Å². The minimum Gasteiger partial charge on any atom is -0.502 e. The van der Waals surface area contributed by atoms with Gasteiger partial charge < -0.3 is 19.6 Å². The van der Waals surface area contributed by atoms with Crippen LogP contribution < -0.4 is 5.56 Å². The number of halogens is 1. The highest BCUT2D eigenvalue weighted by molar-refractivity contribution is 7.20. The maximum atomic E-state index is 12.6. The fraction of sp³-hybridized carbons (Fsp3) is 0.211. The van der Waals surface area contributed by atoms with Crippen molar-refractivity contribution in [2.24, 2.45) is 0 Å². The second kappa shape index (κ2) is 9.25. The number of aromatic nitrogens is 2. The van der Waals surface area contributed by atoms with E-state index in [4.69, 9.17) is 21.1 Å². The number of aromatic hydroxyl groups is 1. The lowest BCUT2D eigenvalue weighted by atomic mass is 10.1. The van der Waals surface area contributed by atoms with E-state index in [1.54, 1.807) is 6.92 Å². The zero-order valence-corrected chi connectivity index (χ0v) is 17.9. The van der Waals surface area contributed by atoms with Crippen molar-refractivity contribution in [2.75, 3.05) is 20.3 Å². The zero-order valence-electron chi connectivity index (χ0n) is 16.3. The highest BCUT2D eigenvalue weighted by Gasteiger charge is 2.21. The lowest BCUT2D eigenvalue weighted by molar-refractivity contribution is -0.385. The van der Waals surface area contributed by atoms with Crippen LogP contribution in [0.25, 0.3) is 21.3 Å². The van der Waals surface area contributed by atoms with Crippen LogP contribution in [-0.4, -0.2) is 46.3 Å². The second-order valence-electron chi connectivity index (χ2n) is 6.28. The molecule has 2 heterocycles. The van der Waals surface area contributed by atoms with Crippen LogP contribution in [0.15, 0.2) is 23.0 Å². The van der Waals surface area contributed by atoms with Gasteiger partial charge in [0.05, 0.1) is 21.9 Å². The molecule has 0 fully saturated rings. The monoisotopic (exact) mass is 465 g/mol. The van der Waals surface area contributed by atoms with Gasteiger partial charge in [-0.2, -0.15) is 0 Å². The van der Waals surface area contributed by atoms with Gasteiger partial charge >= 0.3 is 11.7 Å². The van der Waals surface area contributed by atoms with Gasteiger partial charge in [-0.05, 0) is 30.2 Å². The van der Waals surface area contributed by atoms with E-state index in [0.717, 1.165) is 23.5 Å². The molecular formula is C19H16ClN3O7S. The molecule has 0 radical (unpaired) electrons. The molecule has 0 saturated heterocycles. The lowest BCUT2D eigenvalue weighted by Gasteiger charge is -2.02. The first kappa shape index (κ1) is 22.4. The van der Waals surface area contributed by atoms with Gasteiger partial charge in [0.1, 0.15) is 16.3 Å². The Labute approximate surface area is 183 Å². The average Bonchev–Trinajstić information content (AvgIpc) is 3.06. The highest BCUT2D eigenvalue weighted by atomic mass is 35.5. The first-order valence-corrected chi connectivity index (χ1v) is 9.96. The van der Waals surface area contributed by atoms with Gasteiger partial charge in [0.2, 0.25) is 0 Å². The normalized spacial score (nSPS) is 11.6. The van der Waals surface area contributed by atoms with Crippen LogP contribution in [0.5, 0.6) is 5.75 Å². The number of aromatic amines is 1. The summed E-state index contributed by atoms with van der Waals surface area (Å²) in [5.41, 5.74) is -0.215. The molecule has 31 heavy (non-hydrogen) atoms. The molecule has 0 aliphatic carbocycles. The van der Waals surface area contributed by atoms with Crippen LogP contribution in [0.4, 0.5) is 5.69 Å². The fourth-order valence-electron chi connectivity index (χ4n) is 2.73. The average molecular weight is 466 g/mol. The first-order chi connectivity index (χ1) is 14.7. The third-order valence-corrected chi connectivity index (χ3v) is 5.68. The summed E-state index contributed by atoms with van der Waals surface area (Å²) in [6.07, 6.45) is 1.36. The number of nitro groups is 1. The minimum atomic E-state index is -0.728. The molecule has 3 rings (SSSR count). The number of phenols is 1. The van der Waals surface area contributed by atoms with E-state index in [2.05, 4.69) is 9.97 Å². The van der Waals surface area contributed by atoms with E-state index >= 15 is 0 Å². The number of nitrogens with zero attached hydrogens (tertiary/aromatic N) is 2. The van der Waals surface area contributed by atoms with Crippen LogP contribution in [0.3, 0.4) is 0 Å². The molecule has 0 bridgehead atoms. The van der Waals surface area contributed by atoms with Crippen molar-refractivity contribution in [3.63, 3.8) is 0 Å². The Morgan fingerprint density at radius 2 is 2.16 bits per heavy atom. The van der Waals surface area contributed by atoms with Crippen molar-refractivity contribution in [3.8, 4) is 5.75 Å². The van der Waals surface area contributed by atoms with E-state index in [9.17, 15) is 24.8 Å². The molecule has 10 nitrogen and oxygen atoms in total. The number of hydrogen-bond acceptors (Lipinski definition) is 9. The summed E-state index contributed by atoms with van der Waals surface area (Å²) in [6.45, 7) is 1.94. The van der Waals surface area contributed by atoms with Crippen LogP contribution in [0, 0.1) is 17.0 Å². The Hall–Kier alpha value is -3.28. The van der Waals surface area contributed by atoms with Crippen molar-refractivity contribution < 1.29 is 24.3 Å². The number of rotatable bonds is 7. The summed E-state index contributed by atoms with van der Waals surface area (Å²) < 4.78 is 9.95. The summed E-state index contributed by atoms with van der Waals surface area (Å²) in [7, 11) is 1.48. The third kappa shape index (κ3) is 4.74. The number of methoxy groups -OCH3 is 1. The van der Waals surface area contributed by atoms with Crippen molar-refractivity contribution in [2.45, 2.75) is 6.92 Å². The van der Waals surface area contributed by atoms with E-state index in [-0.39, 0.29) is 39.2 Å². The Bertz CT molecular complexity index is 1270. The van der Waals surface area contributed by atoms with Gasteiger partial charge in [0.25, 0.3) is 5.56 Å². The molecule has 0 unspecified atom stereocenters. The summed E-state index contributed by atoms with van der Waals surface area (Å²) in [5.74, 6) is -1.04. The predicted octanol–water partition coefficient (Wildman–Crippen LogP) is 3.45. The summed E-state index contributed by atoms with van der Waals surface area (Å²) >= 11 is 7.27. The number of nitrogens with one attached hydrogen (secondary N) is 1. The SMILES string of the molecule is COCCOC(=O)c1sc2nc(/C(Cl)=C/c3ccc(O)c([N+](=O)[O-])c3)[nH]c(=O)c2c1C. The largest absolute Gasteiger partial charge is 0.502 e. The van der Waals surface area contributed by atoms with E-state index in [1.807, 2.05) is 0 Å². The van der Waals surface area contributed by atoms with Crippen molar-refractivity contribution in [1.29, 1.82) is 0 Å². The van der Waals surface area contributed by atoms with Crippen molar-refractivity contribution >= 4 is 55.9 Å². The number of aryl methyl sites for hydroxylation is 1. The molecule has 3 aromatic rings. The first-order valence-electron chi connectivity index (χ1n) is 8.77. The number of carbonyl (C=O) groups excluding carboxylic acids is 1. The summed E-state index contributed by atoms with van der Waals surface area (Å²) in [5, 5.41) is 20.8. The number of benzene rings is 1. The van der Waals surface area contributed by atoms with Crippen LogP contribution in [0.1, 0.15) is 26.6 Å². The second-order valence-corrected chi connectivity index (χ2v) is 7.68. The van der Waals surface area contributed by atoms with Gasteiger partial charge in [0, 0.05) is 13.2 Å². The number of nitro benzene ring substituents is 1. The van der Waals surface area contributed by atoms with Crippen molar-refractivity contribution in [3.05, 3.63) is 60.5 Å². The lowest BCUT2D eigenvalue weighted by Crippen LogP contribution is -2.11. The number of thiophene rings is 1. The zero-order chi connectivity index (χ0) is 22.7. The van der Waals surface area contributed by atoms with Gasteiger partial charge in [-0.3, -0.25) is 14.9 Å². The summed E-state index contributed by atoms with van der Waals surface area (Å²) in [4.78, 5) is 42.5. The number of esters is 1. The van der Waals surface area contributed by atoms with Gasteiger partial charge in [-0.15, -0.1) is 11.3 Å². The molecule has 12 heteroatoms. The Balaban J connectivity index is 1.99. The van der Waals surface area contributed by atoms with E-state index in [1.165, 1.54) is 19.3 Å². The quantitative estimate of drug-likeness (QED) is 0.233. The fourth-order valence-corrected chi connectivity index (χ4v) is 4.02. The van der Waals surface area contributed by atoms with Gasteiger partial charge in [0.15, 0.2) is 11.6 Å². The molecule has 0 atom stereocenters. The van der Waals surface area contributed by atoms with Gasteiger partial charge in [-0.1, -0.05) is 17.7 Å². The topological polar surface area (TPSA) is 145 Å². The maximum absolute atomic E-state index is 12.6. The number of phenolic OH excluding ortho intramolecular Hbond substituents is 1. The molecule has 1 aromatic carbocycles. The molecule has 0 amide bonds. The van der Waals surface area contributed by atoms with Crippen LogP contribution >= 0.6 is 22.9 Å². The summed E-state index contributed by atoms with van der Waals surface area (Å²) in [6, 6.07) is 3.72. The van der Waals surface area contributed by atoms with E-state index < -0.39 is 27.9 Å². The molecule has 2 aromatic heterocycles. The molecule has 0 aliphatic rings. The Morgan fingerprint density at radius 3 is 2.84 bits per heavy atom. The van der Waals surface area contributed by atoms with Gasteiger partial charge in [-0.25, -0.2) is 9.78 Å². The standard InChI is InChI=1S/C19H16ClN3O7S/c1-9-14-17(25)21-16(22-18(14)31-15(9)19(26)30-6-5-29-2)11(20)7-10-3-4-13(24)12(8-10)23(27)28/h3-4,7-8,24H,5-6H2,1-2H3,(H,21,22,25)/b11-7-. The smallest absolute Gasteiger partial charge is 0.348 e. The molecule has 0 saturated carbocycles. The Morgan fingerprint density at radius 1 is 1.42 bits per heavy atom. The predicted molar refractivity (Wildman–Crippen MR) is 116 cm³/mol. The molecular weight excluding hydrogens is 450 g/mol. The maximum Gasteiger partial charge on any atom is 0.348 e. The van der Waals surface area contributed by atoms with Crippen molar-refractivity contribution in [1.82, 2.24) is 9.97 Å².